The van der Waals surface area contributed by atoms with E-state index in [2.05, 4.69) is 47.4 Å². The number of hydrogen-bond donors (Lipinski definition) is 1. The molecule has 2 aromatic rings. The van der Waals surface area contributed by atoms with Crippen molar-refractivity contribution in [3.05, 3.63) is 71.8 Å². The first-order valence-corrected chi connectivity index (χ1v) is 8.88. The quantitative estimate of drug-likeness (QED) is 0.846. The van der Waals surface area contributed by atoms with Gasteiger partial charge >= 0.3 is 0 Å². The van der Waals surface area contributed by atoms with Crippen LogP contribution in [-0.2, 0) is 17.9 Å². The molecular formula is C21H27NO2. The second-order valence-corrected chi connectivity index (χ2v) is 6.62. The fourth-order valence-corrected chi connectivity index (χ4v) is 3.48. The molecule has 1 N–H and O–H groups in total. The van der Waals surface area contributed by atoms with Gasteiger partial charge in [0.2, 0.25) is 0 Å². The highest BCUT2D eigenvalue weighted by molar-refractivity contribution is 5.15. The summed E-state index contributed by atoms with van der Waals surface area (Å²) >= 11 is 0. The lowest BCUT2D eigenvalue weighted by Gasteiger charge is -2.38. The number of benzene rings is 2. The highest BCUT2D eigenvalue weighted by atomic mass is 16.5. The molecule has 0 aromatic heterocycles. The Morgan fingerprint density at radius 3 is 2.29 bits per heavy atom. The molecule has 1 fully saturated rings. The number of aliphatic hydroxyl groups is 1. The summed E-state index contributed by atoms with van der Waals surface area (Å²) in [6, 6.07) is 20.9. The van der Waals surface area contributed by atoms with Crippen LogP contribution in [0.1, 0.15) is 24.0 Å². The lowest BCUT2D eigenvalue weighted by molar-refractivity contribution is -0.0539. The largest absolute Gasteiger partial charge is 0.396 e. The molecule has 0 unspecified atom stereocenters. The molecule has 0 bridgehead atoms. The Labute approximate surface area is 144 Å². The second-order valence-electron chi connectivity index (χ2n) is 6.62. The van der Waals surface area contributed by atoms with Gasteiger partial charge in [0.25, 0.3) is 0 Å². The molecule has 1 saturated heterocycles. The predicted octanol–water partition coefficient (Wildman–Crippen LogP) is 3.48. The molecule has 0 amide bonds. The molecule has 3 heteroatoms. The fourth-order valence-electron chi connectivity index (χ4n) is 3.48. The summed E-state index contributed by atoms with van der Waals surface area (Å²) in [6.07, 6.45) is 2.11. The minimum Gasteiger partial charge on any atom is -0.396 e. The van der Waals surface area contributed by atoms with Crippen molar-refractivity contribution in [3.8, 4) is 0 Å². The molecule has 1 heterocycles. The van der Waals surface area contributed by atoms with Crippen LogP contribution >= 0.6 is 0 Å². The number of aliphatic hydroxyl groups excluding tert-OH is 1. The molecule has 2 atom stereocenters. The van der Waals surface area contributed by atoms with E-state index in [4.69, 9.17) is 4.74 Å². The van der Waals surface area contributed by atoms with Crippen molar-refractivity contribution in [2.24, 2.45) is 5.92 Å². The summed E-state index contributed by atoms with van der Waals surface area (Å²) in [4.78, 5) is 2.47. The summed E-state index contributed by atoms with van der Waals surface area (Å²) in [7, 11) is 0. The Morgan fingerprint density at radius 2 is 1.62 bits per heavy atom. The second kappa shape index (κ2) is 8.97. The molecule has 0 saturated carbocycles. The Balaban J connectivity index is 1.59. The molecule has 128 valence electrons. The highest BCUT2D eigenvalue weighted by Gasteiger charge is 2.29. The molecule has 1 aliphatic heterocycles. The lowest BCUT2D eigenvalue weighted by Crippen LogP contribution is -2.45. The summed E-state index contributed by atoms with van der Waals surface area (Å²) in [5.74, 6) is 0.450. The molecule has 3 nitrogen and oxygen atoms in total. The molecule has 24 heavy (non-hydrogen) atoms. The summed E-state index contributed by atoms with van der Waals surface area (Å²) in [5, 5.41) is 9.35. The zero-order valence-corrected chi connectivity index (χ0v) is 14.2. The van der Waals surface area contributed by atoms with E-state index in [9.17, 15) is 5.11 Å². The molecule has 0 aliphatic carbocycles. The van der Waals surface area contributed by atoms with Crippen molar-refractivity contribution in [3.63, 3.8) is 0 Å². The van der Waals surface area contributed by atoms with Crippen molar-refractivity contribution in [1.29, 1.82) is 0 Å². The number of rotatable bonds is 7. The van der Waals surface area contributed by atoms with Gasteiger partial charge in [0.1, 0.15) is 0 Å². The number of nitrogens with zero attached hydrogens (tertiary/aromatic N) is 1. The first-order valence-electron chi connectivity index (χ1n) is 8.88. The van der Waals surface area contributed by atoms with Crippen LogP contribution in [-0.4, -0.2) is 35.8 Å². The Kier molecular flexibility index (Phi) is 6.41. The van der Waals surface area contributed by atoms with Crippen molar-refractivity contribution in [2.45, 2.75) is 32.1 Å². The maximum absolute atomic E-state index is 9.35. The Bertz CT molecular complexity index is 587. The van der Waals surface area contributed by atoms with E-state index < -0.39 is 0 Å². The molecular weight excluding hydrogens is 298 g/mol. The molecule has 0 radical (unpaired) electrons. The summed E-state index contributed by atoms with van der Waals surface area (Å²) in [6.45, 7) is 3.87. The van der Waals surface area contributed by atoms with Gasteiger partial charge in [-0.15, -0.1) is 0 Å². The van der Waals surface area contributed by atoms with Crippen LogP contribution in [0.2, 0.25) is 0 Å². The average Bonchev–Trinajstić information content (AvgIpc) is 2.64. The normalized spacial score (nSPS) is 21.7. The monoisotopic (exact) mass is 325 g/mol. The minimum atomic E-state index is 0.190. The lowest BCUT2D eigenvalue weighted by atomic mass is 9.90. The summed E-state index contributed by atoms with van der Waals surface area (Å²) in [5.41, 5.74) is 2.56. The van der Waals surface area contributed by atoms with Crippen LogP contribution in [0, 0.1) is 5.92 Å². The van der Waals surface area contributed by atoms with Gasteiger partial charge in [0.15, 0.2) is 0 Å². The van der Waals surface area contributed by atoms with Crippen LogP contribution in [0.5, 0.6) is 0 Å². The predicted molar refractivity (Wildman–Crippen MR) is 96.5 cm³/mol. The molecule has 2 aromatic carbocycles. The van der Waals surface area contributed by atoms with Gasteiger partial charge < -0.3 is 9.84 Å². The van der Waals surface area contributed by atoms with E-state index in [1.165, 1.54) is 11.1 Å². The maximum atomic E-state index is 9.35. The Morgan fingerprint density at radius 1 is 0.958 bits per heavy atom. The zero-order valence-electron chi connectivity index (χ0n) is 14.2. The summed E-state index contributed by atoms with van der Waals surface area (Å²) < 4.78 is 6.25. The van der Waals surface area contributed by atoms with Crippen LogP contribution in [0.25, 0.3) is 0 Å². The van der Waals surface area contributed by atoms with Crippen LogP contribution in [0.15, 0.2) is 60.7 Å². The smallest absolute Gasteiger partial charge is 0.0736 e. The number of piperidine rings is 1. The van der Waals surface area contributed by atoms with Crippen molar-refractivity contribution >= 4 is 0 Å². The fraction of sp³-hybridized carbons (Fsp3) is 0.429. The van der Waals surface area contributed by atoms with Gasteiger partial charge in [0.05, 0.1) is 12.7 Å². The van der Waals surface area contributed by atoms with Crippen LogP contribution in [0.3, 0.4) is 0 Å². The number of ether oxygens (including phenoxy) is 1. The third-order valence-electron chi connectivity index (χ3n) is 4.84. The van der Waals surface area contributed by atoms with Crippen molar-refractivity contribution in [2.75, 3.05) is 19.7 Å². The van der Waals surface area contributed by atoms with Gasteiger partial charge in [-0.1, -0.05) is 60.7 Å². The van der Waals surface area contributed by atoms with Crippen molar-refractivity contribution < 1.29 is 9.84 Å². The topological polar surface area (TPSA) is 32.7 Å². The van der Waals surface area contributed by atoms with Gasteiger partial charge in [-0.05, 0) is 36.4 Å². The van der Waals surface area contributed by atoms with Gasteiger partial charge in [0, 0.05) is 19.7 Å². The molecule has 1 aliphatic rings. The molecule has 3 rings (SSSR count). The van der Waals surface area contributed by atoms with E-state index in [1.54, 1.807) is 0 Å². The first-order chi connectivity index (χ1) is 11.8. The van der Waals surface area contributed by atoms with E-state index in [-0.39, 0.29) is 12.7 Å². The molecule has 0 spiro atoms. The van der Waals surface area contributed by atoms with Gasteiger partial charge in [-0.2, -0.15) is 0 Å². The average molecular weight is 325 g/mol. The third kappa shape index (κ3) is 4.91. The van der Waals surface area contributed by atoms with E-state index >= 15 is 0 Å². The Hall–Kier alpha value is -1.68. The van der Waals surface area contributed by atoms with Gasteiger partial charge in [-0.25, -0.2) is 0 Å². The van der Waals surface area contributed by atoms with Crippen LogP contribution in [0.4, 0.5) is 0 Å². The third-order valence-corrected chi connectivity index (χ3v) is 4.84. The van der Waals surface area contributed by atoms with E-state index in [1.807, 2.05) is 18.2 Å². The van der Waals surface area contributed by atoms with Gasteiger partial charge in [-0.3, -0.25) is 4.90 Å². The minimum absolute atomic E-state index is 0.190. The van der Waals surface area contributed by atoms with Crippen LogP contribution < -0.4 is 0 Å². The van der Waals surface area contributed by atoms with E-state index in [0.29, 0.717) is 12.5 Å². The van der Waals surface area contributed by atoms with Crippen molar-refractivity contribution in [1.82, 2.24) is 4.90 Å². The first kappa shape index (κ1) is 17.2. The zero-order chi connectivity index (χ0) is 16.6. The number of hydrogen-bond acceptors (Lipinski definition) is 3. The SMILES string of the molecule is OCC[C@@H]1CCN(Cc2ccccc2)C[C@@H]1OCc1ccccc1. The maximum Gasteiger partial charge on any atom is 0.0736 e. The number of likely N-dealkylation sites (tertiary alicyclic amines) is 1. The van der Waals surface area contributed by atoms with E-state index in [0.717, 1.165) is 32.5 Å². The standard InChI is InChI=1S/C21H27NO2/c23-14-12-20-11-13-22(15-18-7-3-1-4-8-18)16-21(20)24-17-19-9-5-2-6-10-19/h1-10,20-21,23H,11-17H2/t20-,21-/m0/s1. The highest BCUT2D eigenvalue weighted by Crippen LogP contribution is 2.25.